The van der Waals surface area contributed by atoms with E-state index in [0.717, 1.165) is 11.3 Å². The van der Waals surface area contributed by atoms with E-state index in [1.807, 2.05) is 42.5 Å². The predicted molar refractivity (Wildman–Crippen MR) is 82.2 cm³/mol. The number of aromatic nitrogens is 1. The Kier molecular flexibility index (Phi) is 4.00. The summed E-state index contributed by atoms with van der Waals surface area (Å²) in [6, 6.07) is 13.2. The van der Waals surface area contributed by atoms with Gasteiger partial charge in [-0.05, 0) is 17.7 Å². The van der Waals surface area contributed by atoms with E-state index >= 15 is 0 Å². The smallest absolute Gasteiger partial charge is 0.253 e. The van der Waals surface area contributed by atoms with Gasteiger partial charge < -0.3 is 10.3 Å². The van der Waals surface area contributed by atoms with Crippen molar-refractivity contribution in [3.05, 3.63) is 59.9 Å². The molecule has 1 fully saturated rings. The fraction of sp³-hybridized carbons (Fsp3) is 0.188. The summed E-state index contributed by atoms with van der Waals surface area (Å²) in [4.78, 5) is 27.2. The Balaban J connectivity index is 1.70. The van der Waals surface area contributed by atoms with E-state index in [-0.39, 0.29) is 11.8 Å². The molecule has 0 bridgehead atoms. The summed E-state index contributed by atoms with van der Waals surface area (Å²) >= 11 is 0. The van der Waals surface area contributed by atoms with Gasteiger partial charge in [-0.15, -0.1) is 0 Å². The van der Waals surface area contributed by atoms with Crippen LogP contribution in [0, 0.1) is 5.92 Å². The molecule has 0 spiro atoms. The van der Waals surface area contributed by atoms with Gasteiger partial charge in [0.25, 0.3) is 5.91 Å². The van der Waals surface area contributed by atoms with Gasteiger partial charge in [-0.1, -0.05) is 30.3 Å². The Hall–Kier alpha value is -2.89. The highest BCUT2D eigenvalue weighted by Gasteiger charge is 2.40. The minimum absolute atomic E-state index is 0.172. The number of aromatic amines is 1. The van der Waals surface area contributed by atoms with Crippen molar-refractivity contribution in [3.8, 4) is 0 Å². The number of hydrogen-bond acceptors (Lipinski definition) is 3. The van der Waals surface area contributed by atoms with Gasteiger partial charge in [-0.2, -0.15) is 5.10 Å². The molecule has 6 nitrogen and oxygen atoms in total. The Morgan fingerprint density at radius 1 is 1.23 bits per heavy atom. The highest BCUT2D eigenvalue weighted by molar-refractivity contribution is 6.03. The van der Waals surface area contributed by atoms with Crippen LogP contribution in [0.25, 0.3) is 0 Å². The number of rotatable bonds is 4. The lowest BCUT2D eigenvalue weighted by Crippen LogP contribution is -2.34. The van der Waals surface area contributed by atoms with E-state index in [0.29, 0.717) is 6.54 Å². The molecule has 0 radical (unpaired) electrons. The minimum Gasteiger partial charge on any atom is -0.360 e. The number of benzene rings is 1. The first-order valence-electron chi connectivity index (χ1n) is 7.04. The first-order chi connectivity index (χ1) is 10.8. The number of carbonyl (C=O) groups excluding carboxylic acids is 2. The summed E-state index contributed by atoms with van der Waals surface area (Å²) in [5.41, 5.74) is 4.18. The Bertz CT molecular complexity index is 679. The van der Waals surface area contributed by atoms with Gasteiger partial charge in [0.2, 0.25) is 5.91 Å². The first-order valence-corrected chi connectivity index (χ1v) is 7.04. The van der Waals surface area contributed by atoms with E-state index in [4.69, 9.17) is 0 Å². The molecule has 2 amide bonds. The van der Waals surface area contributed by atoms with Crippen molar-refractivity contribution in [1.29, 1.82) is 0 Å². The Labute approximate surface area is 127 Å². The number of hydrogen-bond donors (Lipinski definition) is 3. The van der Waals surface area contributed by atoms with Crippen LogP contribution in [0.1, 0.15) is 17.2 Å². The largest absolute Gasteiger partial charge is 0.360 e. The lowest BCUT2D eigenvalue weighted by molar-refractivity contribution is -0.133. The van der Waals surface area contributed by atoms with Crippen LogP contribution >= 0.6 is 0 Å². The minimum atomic E-state index is -0.761. The maximum Gasteiger partial charge on any atom is 0.253 e. The normalized spacial score (nSPS) is 21.0. The van der Waals surface area contributed by atoms with Crippen LogP contribution in [-0.4, -0.2) is 29.6 Å². The number of hydrazone groups is 1. The maximum atomic E-state index is 12.3. The summed E-state index contributed by atoms with van der Waals surface area (Å²) in [6.07, 6.45) is 3.27. The Morgan fingerprint density at radius 3 is 2.77 bits per heavy atom. The van der Waals surface area contributed by atoms with Crippen LogP contribution in [0.15, 0.2) is 53.8 Å². The number of carbonyl (C=O) groups is 2. The molecule has 2 atom stereocenters. The topological polar surface area (TPSA) is 86.3 Å². The van der Waals surface area contributed by atoms with E-state index in [9.17, 15) is 9.59 Å². The highest BCUT2D eigenvalue weighted by atomic mass is 16.2. The second-order valence-electron chi connectivity index (χ2n) is 5.10. The lowest BCUT2D eigenvalue weighted by Gasteiger charge is -2.15. The standard InChI is InChI=1S/C16H16N4O2/c21-15-14(13(10-18-15)11-5-2-1-3-6-11)16(22)20-19-9-12-7-4-8-17-12/h1-9,13-14,17H,10H2,(H,18,21)(H,20,22). The summed E-state index contributed by atoms with van der Waals surface area (Å²) in [6.45, 7) is 0.460. The first kappa shape index (κ1) is 14.1. The molecular formula is C16H16N4O2. The fourth-order valence-corrected chi connectivity index (χ4v) is 2.59. The molecule has 2 heterocycles. The third kappa shape index (κ3) is 2.90. The summed E-state index contributed by atoms with van der Waals surface area (Å²) in [5, 5.41) is 6.63. The number of H-pyrrole nitrogens is 1. The zero-order chi connectivity index (χ0) is 15.4. The van der Waals surface area contributed by atoms with Crippen LogP contribution in [-0.2, 0) is 9.59 Å². The molecule has 6 heteroatoms. The molecule has 1 aromatic carbocycles. The average molecular weight is 296 g/mol. The van der Waals surface area contributed by atoms with Crippen molar-refractivity contribution in [2.45, 2.75) is 5.92 Å². The molecule has 1 aliphatic rings. The van der Waals surface area contributed by atoms with Gasteiger partial charge in [0, 0.05) is 18.7 Å². The molecule has 3 N–H and O–H groups in total. The zero-order valence-electron chi connectivity index (χ0n) is 11.8. The SMILES string of the molecule is O=C1NCC(c2ccccc2)C1C(=O)NN=Cc1ccc[nH]1. The molecule has 1 aliphatic heterocycles. The highest BCUT2D eigenvalue weighted by Crippen LogP contribution is 2.28. The molecule has 112 valence electrons. The van der Waals surface area contributed by atoms with Gasteiger partial charge in [-0.25, -0.2) is 5.43 Å². The predicted octanol–water partition coefficient (Wildman–Crippen LogP) is 0.995. The third-order valence-corrected chi connectivity index (χ3v) is 3.69. The van der Waals surface area contributed by atoms with E-state index in [1.54, 1.807) is 6.20 Å². The van der Waals surface area contributed by atoms with Crippen LogP contribution in [0.5, 0.6) is 0 Å². The van der Waals surface area contributed by atoms with Crippen LogP contribution in [0.2, 0.25) is 0 Å². The third-order valence-electron chi connectivity index (χ3n) is 3.69. The summed E-state index contributed by atoms with van der Waals surface area (Å²) < 4.78 is 0. The van der Waals surface area contributed by atoms with E-state index in [2.05, 4.69) is 20.8 Å². The summed E-state index contributed by atoms with van der Waals surface area (Å²) in [7, 11) is 0. The van der Waals surface area contributed by atoms with Gasteiger partial charge in [0.05, 0.1) is 11.9 Å². The molecule has 0 aliphatic carbocycles. The maximum absolute atomic E-state index is 12.3. The summed E-state index contributed by atoms with van der Waals surface area (Å²) in [5.74, 6) is -1.59. The van der Waals surface area contributed by atoms with Gasteiger partial charge in [0.1, 0.15) is 5.92 Å². The van der Waals surface area contributed by atoms with Gasteiger partial charge in [-0.3, -0.25) is 9.59 Å². The van der Waals surface area contributed by atoms with E-state index in [1.165, 1.54) is 6.21 Å². The molecule has 2 unspecified atom stereocenters. The van der Waals surface area contributed by atoms with Crippen molar-refractivity contribution >= 4 is 18.0 Å². The second-order valence-corrected chi connectivity index (χ2v) is 5.10. The van der Waals surface area contributed by atoms with Crippen molar-refractivity contribution in [2.24, 2.45) is 11.0 Å². The molecule has 3 rings (SSSR count). The second kappa shape index (κ2) is 6.26. The van der Waals surface area contributed by atoms with Crippen molar-refractivity contribution < 1.29 is 9.59 Å². The quantitative estimate of drug-likeness (QED) is 0.446. The molecule has 1 aromatic heterocycles. The number of amides is 2. The number of nitrogens with one attached hydrogen (secondary N) is 3. The fourth-order valence-electron chi connectivity index (χ4n) is 2.59. The van der Waals surface area contributed by atoms with Crippen LogP contribution < -0.4 is 10.7 Å². The molecule has 22 heavy (non-hydrogen) atoms. The van der Waals surface area contributed by atoms with E-state index < -0.39 is 11.8 Å². The molecule has 1 saturated heterocycles. The van der Waals surface area contributed by atoms with Crippen LogP contribution in [0.4, 0.5) is 0 Å². The van der Waals surface area contributed by atoms with Crippen molar-refractivity contribution in [2.75, 3.05) is 6.54 Å². The average Bonchev–Trinajstić information content (AvgIpc) is 3.17. The van der Waals surface area contributed by atoms with Gasteiger partial charge >= 0.3 is 0 Å². The lowest BCUT2D eigenvalue weighted by atomic mass is 9.88. The zero-order valence-corrected chi connectivity index (χ0v) is 11.8. The number of nitrogens with zero attached hydrogens (tertiary/aromatic N) is 1. The van der Waals surface area contributed by atoms with Crippen LogP contribution in [0.3, 0.4) is 0 Å². The molecule has 0 saturated carbocycles. The Morgan fingerprint density at radius 2 is 2.05 bits per heavy atom. The monoisotopic (exact) mass is 296 g/mol. The van der Waals surface area contributed by atoms with Crippen molar-refractivity contribution in [1.82, 2.24) is 15.7 Å². The molecular weight excluding hydrogens is 280 g/mol. The van der Waals surface area contributed by atoms with Crippen molar-refractivity contribution in [3.63, 3.8) is 0 Å². The van der Waals surface area contributed by atoms with Gasteiger partial charge in [0.15, 0.2) is 0 Å². The molecule has 2 aromatic rings.